The van der Waals surface area contributed by atoms with Gasteiger partial charge in [-0.1, -0.05) is 39.0 Å². The highest BCUT2D eigenvalue weighted by Gasteiger charge is 2.31. The van der Waals surface area contributed by atoms with Crippen molar-refractivity contribution in [1.82, 2.24) is 0 Å². The minimum Gasteiger partial charge on any atom is -0.265 e. The Balaban J connectivity index is 3.91. The van der Waals surface area contributed by atoms with Crippen LogP contribution in [0.15, 0.2) is 0 Å². The van der Waals surface area contributed by atoms with Crippen molar-refractivity contribution < 1.29 is 29.4 Å². The van der Waals surface area contributed by atoms with Crippen LogP contribution in [-0.2, 0) is 29.4 Å². The molecule has 0 aromatic rings. The summed E-state index contributed by atoms with van der Waals surface area (Å²) in [5.41, 5.74) is -1.41. The monoisotopic (exact) mass is 318 g/mol. The van der Waals surface area contributed by atoms with Gasteiger partial charge in [0.15, 0.2) is 0 Å². The standard InChI is InChI=1S/C16H30O6/c1-7-8-9-10-11-12-16(5,6)14(18)20-22-21-19-13(17)15(2,3)4/h7-12H2,1-6H3. The maximum Gasteiger partial charge on any atom is 0.351 e. The largest absolute Gasteiger partial charge is 0.351 e. The molecule has 0 aliphatic carbocycles. The molecule has 0 aromatic heterocycles. The quantitative estimate of drug-likeness (QED) is 0.340. The molecule has 0 N–H and O–H groups in total. The molecule has 0 aliphatic rings. The van der Waals surface area contributed by atoms with Crippen LogP contribution in [0.2, 0.25) is 0 Å². The van der Waals surface area contributed by atoms with Crippen molar-refractivity contribution in [2.45, 2.75) is 80.1 Å². The van der Waals surface area contributed by atoms with Gasteiger partial charge in [0.1, 0.15) is 0 Å². The lowest BCUT2D eigenvalue weighted by molar-refractivity contribution is -0.602. The molecule has 6 heteroatoms. The molecule has 0 saturated carbocycles. The van der Waals surface area contributed by atoms with E-state index in [4.69, 9.17) is 0 Å². The fraction of sp³-hybridized carbons (Fsp3) is 0.875. The summed E-state index contributed by atoms with van der Waals surface area (Å²) in [6.45, 7) is 10.7. The maximum atomic E-state index is 11.9. The highest BCUT2D eigenvalue weighted by Crippen LogP contribution is 2.26. The van der Waals surface area contributed by atoms with Gasteiger partial charge < -0.3 is 0 Å². The molecular formula is C16H30O6. The second-order valence-corrected chi connectivity index (χ2v) is 7.18. The van der Waals surface area contributed by atoms with Gasteiger partial charge in [-0.25, -0.2) is 9.59 Å². The van der Waals surface area contributed by atoms with E-state index in [2.05, 4.69) is 26.8 Å². The summed E-state index contributed by atoms with van der Waals surface area (Å²) in [7, 11) is 0. The summed E-state index contributed by atoms with van der Waals surface area (Å²) in [4.78, 5) is 32.1. The second-order valence-electron chi connectivity index (χ2n) is 7.18. The van der Waals surface area contributed by atoms with E-state index in [1.807, 2.05) is 0 Å². The Labute approximate surface area is 133 Å². The summed E-state index contributed by atoms with van der Waals surface area (Å²) >= 11 is 0. The molecule has 0 fully saturated rings. The minimum absolute atomic E-state index is 0.560. The van der Waals surface area contributed by atoms with Gasteiger partial charge in [0, 0.05) is 10.1 Å². The fourth-order valence-corrected chi connectivity index (χ4v) is 1.60. The second kappa shape index (κ2) is 9.79. The number of hydrogen-bond acceptors (Lipinski definition) is 6. The van der Waals surface area contributed by atoms with Gasteiger partial charge in [-0.3, -0.25) is 9.78 Å². The van der Waals surface area contributed by atoms with E-state index in [0.717, 1.165) is 12.8 Å². The van der Waals surface area contributed by atoms with E-state index >= 15 is 0 Å². The Morgan fingerprint density at radius 3 is 1.77 bits per heavy atom. The van der Waals surface area contributed by atoms with Crippen LogP contribution in [-0.4, -0.2) is 11.9 Å². The third-order valence-corrected chi connectivity index (χ3v) is 3.32. The summed E-state index contributed by atoms with van der Waals surface area (Å²) in [5, 5.41) is 8.35. The van der Waals surface area contributed by atoms with E-state index in [1.165, 1.54) is 19.3 Å². The van der Waals surface area contributed by atoms with Crippen molar-refractivity contribution in [2.24, 2.45) is 10.8 Å². The Bertz CT molecular complexity index is 343. The molecule has 0 heterocycles. The molecule has 0 amide bonds. The third kappa shape index (κ3) is 9.00. The first kappa shape index (κ1) is 20.9. The molecule has 6 nitrogen and oxygen atoms in total. The number of carbonyl (C=O) groups excluding carboxylic acids is 2. The first-order valence-electron chi connectivity index (χ1n) is 7.88. The van der Waals surface area contributed by atoms with Crippen LogP contribution >= 0.6 is 0 Å². The van der Waals surface area contributed by atoms with E-state index in [0.29, 0.717) is 6.42 Å². The van der Waals surface area contributed by atoms with Crippen LogP contribution < -0.4 is 0 Å². The minimum atomic E-state index is -0.731. The number of carbonyl (C=O) groups is 2. The Kier molecular flexibility index (Phi) is 9.28. The maximum absolute atomic E-state index is 11.9. The average molecular weight is 318 g/mol. The topological polar surface area (TPSA) is 71.1 Å². The third-order valence-electron chi connectivity index (χ3n) is 3.32. The molecule has 0 bridgehead atoms. The predicted molar refractivity (Wildman–Crippen MR) is 81.0 cm³/mol. The highest BCUT2D eigenvalue weighted by atomic mass is 17.7. The van der Waals surface area contributed by atoms with Crippen molar-refractivity contribution in [3.8, 4) is 0 Å². The lowest BCUT2D eigenvalue weighted by atomic mass is 9.87. The van der Waals surface area contributed by atoms with E-state index < -0.39 is 22.8 Å². The zero-order valence-corrected chi connectivity index (χ0v) is 14.7. The van der Waals surface area contributed by atoms with Gasteiger partial charge in [0.05, 0.1) is 10.8 Å². The molecule has 0 aliphatic heterocycles. The molecule has 0 aromatic carbocycles. The van der Waals surface area contributed by atoms with Gasteiger partial charge in [-0.05, 0) is 41.0 Å². The molecule has 130 valence electrons. The lowest BCUT2D eigenvalue weighted by Crippen LogP contribution is -2.28. The zero-order valence-electron chi connectivity index (χ0n) is 14.7. The molecule has 0 rings (SSSR count). The van der Waals surface area contributed by atoms with Crippen molar-refractivity contribution >= 4 is 11.9 Å². The van der Waals surface area contributed by atoms with Crippen LogP contribution in [0.1, 0.15) is 80.1 Å². The van der Waals surface area contributed by atoms with Crippen molar-refractivity contribution in [3.05, 3.63) is 0 Å². The van der Waals surface area contributed by atoms with E-state index in [9.17, 15) is 9.59 Å². The normalized spacial score (nSPS) is 12.1. The summed E-state index contributed by atoms with van der Waals surface area (Å²) in [6.07, 6.45) is 6.29. The van der Waals surface area contributed by atoms with Gasteiger partial charge in [0.2, 0.25) is 0 Å². The Morgan fingerprint density at radius 1 is 0.773 bits per heavy atom. The highest BCUT2D eigenvalue weighted by molar-refractivity contribution is 5.75. The number of hydrogen-bond donors (Lipinski definition) is 0. The fourth-order valence-electron chi connectivity index (χ4n) is 1.60. The molecule has 0 saturated heterocycles. The smallest absolute Gasteiger partial charge is 0.265 e. The molecule has 22 heavy (non-hydrogen) atoms. The predicted octanol–water partition coefficient (Wildman–Crippen LogP) is 4.28. The summed E-state index contributed by atoms with van der Waals surface area (Å²) < 4.78 is 0. The zero-order chi connectivity index (χ0) is 17.2. The molecule has 0 spiro atoms. The van der Waals surface area contributed by atoms with Crippen molar-refractivity contribution in [1.29, 1.82) is 0 Å². The van der Waals surface area contributed by atoms with Crippen molar-refractivity contribution in [3.63, 3.8) is 0 Å². The SMILES string of the molecule is CCCCCCCC(C)(C)C(=O)OOOOC(=O)C(C)(C)C. The van der Waals surface area contributed by atoms with Crippen LogP contribution in [0.3, 0.4) is 0 Å². The van der Waals surface area contributed by atoms with E-state index in [-0.39, 0.29) is 0 Å². The Hall–Kier alpha value is -1.14. The Morgan fingerprint density at radius 2 is 1.27 bits per heavy atom. The van der Waals surface area contributed by atoms with Crippen LogP contribution in [0, 0.1) is 10.8 Å². The van der Waals surface area contributed by atoms with Crippen LogP contribution in [0.4, 0.5) is 0 Å². The lowest BCUT2D eigenvalue weighted by Gasteiger charge is -2.20. The molecule has 0 radical (unpaired) electrons. The van der Waals surface area contributed by atoms with Gasteiger partial charge in [-0.2, -0.15) is 0 Å². The van der Waals surface area contributed by atoms with Gasteiger partial charge in [0.25, 0.3) is 0 Å². The summed E-state index contributed by atoms with van der Waals surface area (Å²) in [5.74, 6) is -1.19. The summed E-state index contributed by atoms with van der Waals surface area (Å²) in [6, 6.07) is 0. The molecule has 0 unspecified atom stereocenters. The van der Waals surface area contributed by atoms with Gasteiger partial charge >= 0.3 is 11.9 Å². The number of unbranched alkanes of at least 4 members (excludes halogenated alkanes) is 4. The first-order chi connectivity index (χ1) is 10.1. The molecular weight excluding hydrogens is 288 g/mol. The molecule has 0 atom stereocenters. The first-order valence-corrected chi connectivity index (χ1v) is 7.88. The van der Waals surface area contributed by atoms with Crippen LogP contribution in [0.5, 0.6) is 0 Å². The van der Waals surface area contributed by atoms with E-state index in [1.54, 1.807) is 34.6 Å². The van der Waals surface area contributed by atoms with Gasteiger partial charge in [-0.15, -0.1) is 0 Å². The number of rotatable bonds is 10. The van der Waals surface area contributed by atoms with Crippen LogP contribution in [0.25, 0.3) is 0 Å². The van der Waals surface area contributed by atoms with Crippen molar-refractivity contribution in [2.75, 3.05) is 0 Å². The average Bonchev–Trinajstić information content (AvgIpc) is 2.41.